The van der Waals surface area contributed by atoms with E-state index >= 15 is 0 Å². The number of nitrogens with zero attached hydrogens (tertiary/aromatic N) is 2. The van der Waals surface area contributed by atoms with Gasteiger partial charge in [0.1, 0.15) is 0 Å². The maximum atomic E-state index is 12.9. The lowest BCUT2D eigenvalue weighted by Crippen LogP contribution is -2.21. The van der Waals surface area contributed by atoms with Crippen LogP contribution < -0.4 is 14.5 Å². The number of carbonyl (C=O) groups is 1. The first-order valence-electron chi connectivity index (χ1n) is 8.64. The predicted octanol–water partition coefficient (Wildman–Crippen LogP) is 3.78. The Kier molecular flexibility index (Phi) is 5.16. The van der Waals surface area contributed by atoms with E-state index in [4.69, 9.17) is 9.47 Å². The van der Waals surface area contributed by atoms with Gasteiger partial charge in [-0.3, -0.25) is 4.79 Å². The van der Waals surface area contributed by atoms with Crippen LogP contribution >= 0.6 is 0 Å². The van der Waals surface area contributed by atoms with Gasteiger partial charge in [-0.15, -0.1) is 0 Å². The molecule has 0 atom stereocenters. The molecule has 6 heteroatoms. The largest absolute Gasteiger partial charge is 0.502 e. The number of benzene rings is 2. The lowest BCUT2D eigenvalue weighted by atomic mass is 10.1. The molecule has 0 aromatic heterocycles. The molecule has 1 aliphatic rings. The van der Waals surface area contributed by atoms with E-state index in [0.29, 0.717) is 16.8 Å². The van der Waals surface area contributed by atoms with Gasteiger partial charge in [0.05, 0.1) is 31.2 Å². The van der Waals surface area contributed by atoms with Crippen LogP contribution in [-0.2, 0) is 11.2 Å². The van der Waals surface area contributed by atoms with Crippen LogP contribution in [0.1, 0.15) is 25.0 Å². The number of hydrogen-bond donors (Lipinski definition) is 1. The van der Waals surface area contributed by atoms with E-state index in [1.54, 1.807) is 25.1 Å². The molecule has 1 N–H and O–H groups in total. The number of anilines is 1. The second-order valence-corrected chi connectivity index (χ2v) is 6.15. The summed E-state index contributed by atoms with van der Waals surface area (Å²) in [5.74, 6) is 0.257. The second-order valence-electron chi connectivity index (χ2n) is 6.15. The van der Waals surface area contributed by atoms with Crippen molar-refractivity contribution in [3.63, 3.8) is 0 Å². The first-order valence-corrected chi connectivity index (χ1v) is 8.64. The summed E-state index contributed by atoms with van der Waals surface area (Å²) in [4.78, 5) is 12.9. The zero-order valence-corrected chi connectivity index (χ0v) is 15.8. The number of hydrogen-bond acceptors (Lipinski definition) is 5. The van der Waals surface area contributed by atoms with Crippen molar-refractivity contribution in [1.82, 2.24) is 0 Å². The smallest absolute Gasteiger partial charge is 0.280 e. The highest BCUT2D eigenvalue weighted by Crippen LogP contribution is 2.38. The summed E-state index contributed by atoms with van der Waals surface area (Å²) >= 11 is 0. The number of phenolic OH excluding ortho intramolecular Hbond substituents is 1. The lowest BCUT2D eigenvalue weighted by Gasteiger charge is -2.12. The predicted molar refractivity (Wildman–Crippen MR) is 106 cm³/mol. The average molecular weight is 366 g/mol. The summed E-state index contributed by atoms with van der Waals surface area (Å²) < 4.78 is 10.3. The number of hydrazone groups is 1. The molecule has 0 spiro atoms. The molecule has 27 heavy (non-hydrogen) atoms. The van der Waals surface area contributed by atoms with Crippen molar-refractivity contribution in [2.45, 2.75) is 20.3 Å². The third kappa shape index (κ3) is 3.51. The minimum atomic E-state index is -0.206. The molecule has 1 heterocycles. The number of amides is 1. The van der Waals surface area contributed by atoms with Gasteiger partial charge < -0.3 is 14.6 Å². The normalized spacial score (nSPS) is 15.3. The summed E-state index contributed by atoms with van der Waals surface area (Å²) in [6.07, 6.45) is 2.65. The van der Waals surface area contributed by atoms with Crippen molar-refractivity contribution in [3.05, 3.63) is 53.1 Å². The second kappa shape index (κ2) is 7.53. The van der Waals surface area contributed by atoms with Crippen LogP contribution in [0, 0.1) is 0 Å². The van der Waals surface area contributed by atoms with E-state index in [1.165, 1.54) is 24.8 Å². The minimum Gasteiger partial charge on any atom is -0.502 e. The van der Waals surface area contributed by atoms with E-state index in [2.05, 4.69) is 12.0 Å². The first kappa shape index (κ1) is 18.5. The van der Waals surface area contributed by atoms with Crippen LogP contribution in [-0.4, -0.2) is 30.9 Å². The van der Waals surface area contributed by atoms with Crippen molar-refractivity contribution < 1.29 is 19.4 Å². The SMILES string of the molecule is CCc1ccc(N2N=C(C)C(=Cc3cc(OC)c(O)c(OC)c3)C2=O)cc1. The molecule has 0 radical (unpaired) electrons. The molecule has 0 saturated heterocycles. The maximum absolute atomic E-state index is 12.9. The van der Waals surface area contributed by atoms with Crippen molar-refractivity contribution in [2.24, 2.45) is 5.10 Å². The van der Waals surface area contributed by atoms with Gasteiger partial charge >= 0.3 is 0 Å². The third-order valence-corrected chi connectivity index (χ3v) is 4.46. The topological polar surface area (TPSA) is 71.4 Å². The molecule has 0 unspecified atom stereocenters. The fourth-order valence-corrected chi connectivity index (χ4v) is 2.90. The monoisotopic (exact) mass is 366 g/mol. The summed E-state index contributed by atoms with van der Waals surface area (Å²) in [5.41, 5.74) is 3.68. The van der Waals surface area contributed by atoms with Crippen LogP contribution in [0.3, 0.4) is 0 Å². The minimum absolute atomic E-state index is 0.0806. The fourth-order valence-electron chi connectivity index (χ4n) is 2.90. The van der Waals surface area contributed by atoms with Gasteiger partial charge in [-0.05, 0) is 54.8 Å². The number of ether oxygens (including phenoxy) is 2. The van der Waals surface area contributed by atoms with E-state index < -0.39 is 0 Å². The summed E-state index contributed by atoms with van der Waals surface area (Å²) in [6, 6.07) is 11.1. The van der Waals surface area contributed by atoms with E-state index in [0.717, 1.165) is 12.1 Å². The van der Waals surface area contributed by atoms with Crippen molar-refractivity contribution in [3.8, 4) is 17.2 Å². The Balaban J connectivity index is 1.96. The molecule has 0 bridgehead atoms. The van der Waals surface area contributed by atoms with Crippen molar-refractivity contribution >= 4 is 23.4 Å². The zero-order chi connectivity index (χ0) is 19.6. The lowest BCUT2D eigenvalue weighted by molar-refractivity contribution is -0.114. The molecule has 1 aliphatic heterocycles. The molecule has 0 fully saturated rings. The Morgan fingerprint density at radius 2 is 1.70 bits per heavy atom. The Labute approximate surface area is 158 Å². The number of methoxy groups -OCH3 is 2. The van der Waals surface area contributed by atoms with Crippen LogP contribution in [0.4, 0.5) is 5.69 Å². The Bertz CT molecular complexity index is 905. The number of phenols is 1. The molecule has 2 aromatic rings. The van der Waals surface area contributed by atoms with Gasteiger partial charge in [0, 0.05) is 0 Å². The molecule has 0 aliphatic carbocycles. The maximum Gasteiger partial charge on any atom is 0.280 e. The first-order chi connectivity index (χ1) is 13.0. The van der Waals surface area contributed by atoms with Crippen LogP contribution in [0.5, 0.6) is 17.2 Å². The summed E-state index contributed by atoms with van der Waals surface area (Å²) in [5, 5.41) is 15.8. The van der Waals surface area contributed by atoms with Gasteiger partial charge in [-0.25, -0.2) is 0 Å². The zero-order valence-electron chi connectivity index (χ0n) is 15.8. The Hall–Kier alpha value is -3.28. The summed E-state index contributed by atoms with van der Waals surface area (Å²) in [6.45, 7) is 3.87. The molecule has 2 aromatic carbocycles. The molecule has 3 rings (SSSR count). The number of rotatable bonds is 5. The molecule has 0 saturated carbocycles. The average Bonchev–Trinajstić information content (AvgIpc) is 2.97. The molecular formula is C21H22N2O4. The summed E-state index contributed by atoms with van der Waals surface area (Å²) in [7, 11) is 2.92. The van der Waals surface area contributed by atoms with E-state index in [-0.39, 0.29) is 23.2 Å². The van der Waals surface area contributed by atoms with Gasteiger partial charge in [0.2, 0.25) is 5.75 Å². The standard InChI is InChI=1S/C21H22N2O4/c1-5-14-6-8-16(9-7-14)23-21(25)17(13(2)22-23)10-15-11-18(26-3)20(24)19(12-15)27-4/h6-12,24H,5H2,1-4H3. The highest BCUT2D eigenvalue weighted by atomic mass is 16.5. The van der Waals surface area contributed by atoms with Crippen LogP contribution in [0.25, 0.3) is 6.08 Å². The third-order valence-electron chi connectivity index (χ3n) is 4.46. The fraction of sp³-hybridized carbons (Fsp3) is 0.238. The molecule has 1 amide bonds. The quantitative estimate of drug-likeness (QED) is 0.818. The highest BCUT2D eigenvalue weighted by Gasteiger charge is 2.28. The number of aryl methyl sites for hydroxylation is 1. The van der Waals surface area contributed by atoms with Crippen LogP contribution in [0.15, 0.2) is 47.1 Å². The molecule has 6 nitrogen and oxygen atoms in total. The van der Waals surface area contributed by atoms with Crippen LogP contribution in [0.2, 0.25) is 0 Å². The molecule has 140 valence electrons. The molecular weight excluding hydrogens is 344 g/mol. The Morgan fingerprint density at radius 1 is 1.11 bits per heavy atom. The van der Waals surface area contributed by atoms with Gasteiger partial charge in [-0.2, -0.15) is 10.1 Å². The highest BCUT2D eigenvalue weighted by molar-refractivity contribution is 6.32. The van der Waals surface area contributed by atoms with Gasteiger partial charge in [0.15, 0.2) is 11.5 Å². The Morgan fingerprint density at radius 3 is 2.22 bits per heavy atom. The van der Waals surface area contributed by atoms with Crippen molar-refractivity contribution in [1.29, 1.82) is 0 Å². The van der Waals surface area contributed by atoms with Gasteiger partial charge in [-0.1, -0.05) is 19.1 Å². The van der Waals surface area contributed by atoms with Crippen molar-refractivity contribution in [2.75, 3.05) is 19.2 Å². The van der Waals surface area contributed by atoms with E-state index in [9.17, 15) is 9.90 Å². The van der Waals surface area contributed by atoms with Gasteiger partial charge in [0.25, 0.3) is 5.91 Å². The van der Waals surface area contributed by atoms with E-state index in [1.807, 2.05) is 24.3 Å². The number of carbonyl (C=O) groups excluding carboxylic acids is 1. The number of aromatic hydroxyl groups is 1.